The zero-order chi connectivity index (χ0) is 26.2. The summed E-state index contributed by atoms with van der Waals surface area (Å²) >= 11 is 0.932. The lowest BCUT2D eigenvalue weighted by Crippen LogP contribution is -2.16. The molecule has 3 aromatic rings. The van der Waals surface area contributed by atoms with Crippen LogP contribution in [-0.2, 0) is 16.2 Å². The maximum absolute atomic E-state index is 12.9. The first kappa shape index (κ1) is 26.5. The molecule has 0 saturated carbocycles. The molecule has 192 valence electrons. The van der Waals surface area contributed by atoms with Crippen molar-refractivity contribution in [3.63, 3.8) is 0 Å². The number of carbonyl (C=O) groups is 3. The highest BCUT2D eigenvalue weighted by Crippen LogP contribution is 2.37. The lowest BCUT2D eigenvalue weighted by molar-refractivity contribution is 0.0506. The molecular weight excluding hydrogens is 490 g/mol. The molecule has 0 unspecified atom stereocenters. The van der Waals surface area contributed by atoms with Gasteiger partial charge >= 0.3 is 11.9 Å². The van der Waals surface area contributed by atoms with Gasteiger partial charge in [0, 0.05) is 6.20 Å². The maximum atomic E-state index is 12.9. The third-order valence-corrected chi connectivity index (χ3v) is 6.17. The van der Waals surface area contributed by atoms with E-state index in [4.69, 9.17) is 23.7 Å². The molecule has 3 rings (SSSR count). The molecule has 1 N–H and O–H groups in total. The van der Waals surface area contributed by atoms with Crippen LogP contribution in [0.5, 0.6) is 17.2 Å². The summed E-state index contributed by atoms with van der Waals surface area (Å²) in [7, 11) is 4.27. The van der Waals surface area contributed by atoms with Crippen LogP contribution in [0.4, 0.5) is 5.00 Å². The van der Waals surface area contributed by atoms with Gasteiger partial charge in [0.15, 0.2) is 23.9 Å². The lowest BCUT2D eigenvalue weighted by atomic mass is 10.1. The van der Waals surface area contributed by atoms with Gasteiger partial charge in [-0.2, -0.15) is 5.10 Å². The number of hydrogen-bond donors (Lipinski definition) is 1. The van der Waals surface area contributed by atoms with Crippen LogP contribution in [0.1, 0.15) is 49.4 Å². The van der Waals surface area contributed by atoms with Crippen molar-refractivity contribution in [1.29, 1.82) is 0 Å². The van der Waals surface area contributed by atoms with Crippen molar-refractivity contribution in [2.45, 2.75) is 27.0 Å². The monoisotopic (exact) mass is 517 g/mol. The van der Waals surface area contributed by atoms with Crippen molar-refractivity contribution in [3.05, 3.63) is 52.2 Å². The molecule has 0 fully saturated rings. The largest absolute Gasteiger partial charge is 0.493 e. The van der Waals surface area contributed by atoms with Crippen LogP contribution < -0.4 is 19.5 Å². The Kier molecular flexibility index (Phi) is 8.90. The Balaban J connectivity index is 1.79. The summed E-state index contributed by atoms with van der Waals surface area (Å²) < 4.78 is 27.9. The van der Waals surface area contributed by atoms with Gasteiger partial charge in [-0.05, 0) is 37.1 Å². The first-order chi connectivity index (χ1) is 17.3. The number of rotatable bonds is 11. The summed E-state index contributed by atoms with van der Waals surface area (Å²) in [6, 6.07) is 6.73. The number of nitrogens with zero attached hydrogens (tertiary/aromatic N) is 2. The van der Waals surface area contributed by atoms with Crippen LogP contribution in [0.15, 0.2) is 30.5 Å². The molecule has 36 heavy (non-hydrogen) atoms. The number of esters is 2. The van der Waals surface area contributed by atoms with Crippen molar-refractivity contribution in [2.75, 3.05) is 33.3 Å². The molecule has 0 aliphatic heterocycles. The number of ether oxygens (including phenoxy) is 5. The van der Waals surface area contributed by atoms with Crippen molar-refractivity contribution >= 4 is 34.2 Å². The number of nitrogens with one attached hydrogen (secondary N) is 1. The number of para-hydroxylation sites is 1. The molecule has 0 aliphatic carbocycles. The van der Waals surface area contributed by atoms with Crippen molar-refractivity contribution < 1.29 is 38.1 Å². The van der Waals surface area contributed by atoms with Crippen molar-refractivity contribution in [3.8, 4) is 17.2 Å². The zero-order valence-corrected chi connectivity index (χ0v) is 21.4. The molecular formula is C24H27N3O8S. The minimum atomic E-state index is -0.638. The fourth-order valence-corrected chi connectivity index (χ4v) is 4.32. The predicted molar refractivity (Wildman–Crippen MR) is 131 cm³/mol. The minimum absolute atomic E-state index is 0.0246. The fourth-order valence-electron chi connectivity index (χ4n) is 3.21. The predicted octanol–water partition coefficient (Wildman–Crippen LogP) is 3.91. The molecule has 1 amide bonds. The van der Waals surface area contributed by atoms with Crippen LogP contribution in [-0.4, -0.2) is 55.6 Å². The third-order valence-electron chi connectivity index (χ3n) is 4.98. The Hall–Kier alpha value is -4.06. The van der Waals surface area contributed by atoms with E-state index in [0.29, 0.717) is 29.2 Å². The van der Waals surface area contributed by atoms with Gasteiger partial charge < -0.3 is 29.0 Å². The standard InChI is InChI=1S/C24H27N3O8S/c1-6-12-34-23(29)18-14(2)20(24(30)33-5)36-22(18)25-21(28)15-10-11-27(26-15)13-35-19-16(31-3)8-7-9-17(19)32-4/h7-11H,6,12-13H2,1-5H3,(H,25,28). The molecule has 11 nitrogen and oxygen atoms in total. The molecule has 0 radical (unpaired) electrons. The van der Waals surface area contributed by atoms with Gasteiger partial charge in [-0.1, -0.05) is 13.0 Å². The quantitative estimate of drug-likeness (QED) is 0.377. The van der Waals surface area contributed by atoms with Gasteiger partial charge in [0.05, 0.1) is 33.5 Å². The summed E-state index contributed by atoms with van der Waals surface area (Å²) in [5.41, 5.74) is 0.547. The van der Waals surface area contributed by atoms with Gasteiger partial charge in [-0.3, -0.25) is 4.79 Å². The second kappa shape index (κ2) is 12.1. The number of benzene rings is 1. The minimum Gasteiger partial charge on any atom is -0.493 e. The zero-order valence-electron chi connectivity index (χ0n) is 20.6. The SMILES string of the molecule is CCCOC(=O)c1c(NC(=O)c2ccn(COc3c(OC)cccc3OC)n2)sc(C(=O)OC)c1C. The summed E-state index contributed by atoms with van der Waals surface area (Å²) in [5.74, 6) is -0.473. The molecule has 0 spiro atoms. The summed E-state index contributed by atoms with van der Waals surface area (Å²) in [4.78, 5) is 37.9. The molecule has 0 atom stereocenters. The summed E-state index contributed by atoms with van der Waals surface area (Å²) in [6.45, 7) is 3.64. The molecule has 0 aliphatic rings. The van der Waals surface area contributed by atoms with E-state index < -0.39 is 17.8 Å². The Morgan fingerprint density at radius 1 is 1.06 bits per heavy atom. The lowest BCUT2D eigenvalue weighted by Gasteiger charge is -2.13. The molecule has 2 aromatic heterocycles. The first-order valence-electron chi connectivity index (χ1n) is 10.9. The molecule has 12 heteroatoms. The van der Waals surface area contributed by atoms with E-state index in [2.05, 4.69) is 10.4 Å². The Morgan fingerprint density at radius 3 is 2.36 bits per heavy atom. The van der Waals surface area contributed by atoms with E-state index in [1.165, 1.54) is 32.1 Å². The summed E-state index contributed by atoms with van der Waals surface area (Å²) in [6.07, 6.45) is 2.19. The van der Waals surface area contributed by atoms with Gasteiger partial charge in [0.25, 0.3) is 5.91 Å². The summed E-state index contributed by atoms with van der Waals surface area (Å²) in [5, 5.41) is 7.06. The van der Waals surface area contributed by atoms with Crippen molar-refractivity contribution in [2.24, 2.45) is 0 Å². The van der Waals surface area contributed by atoms with Crippen LogP contribution >= 0.6 is 11.3 Å². The fraction of sp³-hybridized carbons (Fsp3) is 0.333. The highest BCUT2D eigenvalue weighted by molar-refractivity contribution is 7.18. The van der Waals surface area contributed by atoms with Gasteiger partial charge in [0.1, 0.15) is 9.88 Å². The van der Waals surface area contributed by atoms with Crippen LogP contribution in [0, 0.1) is 6.92 Å². The number of thiophene rings is 1. The Bertz CT molecular complexity index is 1230. The number of amides is 1. The molecule has 0 bridgehead atoms. The second-order valence-electron chi connectivity index (χ2n) is 7.35. The van der Waals surface area contributed by atoms with E-state index in [1.54, 1.807) is 31.3 Å². The highest BCUT2D eigenvalue weighted by Gasteiger charge is 2.27. The second-order valence-corrected chi connectivity index (χ2v) is 8.37. The van der Waals surface area contributed by atoms with Crippen LogP contribution in [0.2, 0.25) is 0 Å². The number of hydrogen-bond acceptors (Lipinski definition) is 10. The van der Waals surface area contributed by atoms with E-state index in [9.17, 15) is 14.4 Å². The van der Waals surface area contributed by atoms with E-state index in [0.717, 1.165) is 11.3 Å². The van der Waals surface area contributed by atoms with E-state index in [-0.39, 0.29) is 34.5 Å². The first-order valence-corrected chi connectivity index (χ1v) is 11.7. The van der Waals surface area contributed by atoms with Gasteiger partial charge in [-0.15, -0.1) is 11.3 Å². The molecule has 1 aromatic carbocycles. The Labute approximate surface area is 211 Å². The Morgan fingerprint density at radius 2 is 1.75 bits per heavy atom. The number of aromatic nitrogens is 2. The van der Waals surface area contributed by atoms with Crippen LogP contribution in [0.25, 0.3) is 0 Å². The van der Waals surface area contributed by atoms with Gasteiger partial charge in [-0.25, -0.2) is 14.3 Å². The van der Waals surface area contributed by atoms with Crippen molar-refractivity contribution in [1.82, 2.24) is 9.78 Å². The highest BCUT2D eigenvalue weighted by atomic mass is 32.1. The number of carbonyl (C=O) groups excluding carboxylic acids is 3. The van der Waals surface area contributed by atoms with E-state index >= 15 is 0 Å². The van der Waals surface area contributed by atoms with Gasteiger partial charge in [0.2, 0.25) is 5.75 Å². The number of anilines is 1. The topological polar surface area (TPSA) is 127 Å². The average Bonchev–Trinajstić information content (AvgIpc) is 3.49. The normalized spacial score (nSPS) is 10.5. The molecule has 0 saturated heterocycles. The average molecular weight is 518 g/mol. The molecule has 2 heterocycles. The van der Waals surface area contributed by atoms with E-state index in [1.807, 2.05) is 6.92 Å². The third kappa shape index (κ3) is 5.77. The van der Waals surface area contributed by atoms with Crippen LogP contribution in [0.3, 0.4) is 0 Å². The number of methoxy groups -OCH3 is 3. The maximum Gasteiger partial charge on any atom is 0.348 e. The smallest absolute Gasteiger partial charge is 0.348 e.